The number of hydrogen-bond acceptors (Lipinski definition) is 7. The van der Waals surface area contributed by atoms with Crippen LogP contribution < -0.4 is 14.4 Å². The molecule has 0 aromatic heterocycles. The third kappa shape index (κ3) is 7.65. The van der Waals surface area contributed by atoms with Crippen LogP contribution in [0.3, 0.4) is 0 Å². The Bertz CT molecular complexity index is 1500. The summed E-state index contributed by atoms with van der Waals surface area (Å²) in [5.41, 5.74) is 3.48. The van der Waals surface area contributed by atoms with Crippen LogP contribution in [0.15, 0.2) is 48.6 Å². The van der Waals surface area contributed by atoms with Crippen molar-refractivity contribution in [3.05, 3.63) is 70.3 Å². The van der Waals surface area contributed by atoms with Gasteiger partial charge in [-0.25, -0.2) is 4.21 Å². The Hall–Kier alpha value is -2.43. The molecule has 262 valence electrons. The van der Waals surface area contributed by atoms with E-state index in [1.54, 1.807) is 6.07 Å². The number of rotatable bonds is 6. The van der Waals surface area contributed by atoms with Crippen molar-refractivity contribution >= 4 is 34.2 Å². The summed E-state index contributed by atoms with van der Waals surface area (Å²) >= 11 is 6.47. The van der Waals surface area contributed by atoms with E-state index in [-0.39, 0.29) is 23.0 Å². The molecule has 1 aliphatic carbocycles. The number of hydrogen-bond donors (Lipinski definition) is 1. The average Bonchev–Trinajstić information content (AvgIpc) is 3.25. The normalized spacial score (nSPS) is 32.3. The molecule has 2 bridgehead atoms. The van der Waals surface area contributed by atoms with Gasteiger partial charge < -0.3 is 19.1 Å². The molecule has 3 heterocycles. The van der Waals surface area contributed by atoms with Crippen LogP contribution in [0.1, 0.15) is 73.9 Å². The van der Waals surface area contributed by atoms with Crippen molar-refractivity contribution < 1.29 is 23.2 Å². The third-order valence-electron chi connectivity index (χ3n) is 11.2. The number of anilines is 1. The van der Waals surface area contributed by atoms with E-state index in [1.165, 1.54) is 11.1 Å². The number of fused-ring (bicyclic) bond motifs is 2. The lowest BCUT2D eigenvalue weighted by Crippen LogP contribution is -2.57. The highest BCUT2D eigenvalue weighted by atomic mass is 35.5. The standard InChI is InChI=1S/C38H52ClN3O5S/c1-5-7-28-20-32(39)11-12-33(28)31-23-42-22-30-9-13-34(30)38(45-4,25-41-16-18-46-19-17-41)15-6-8-26(2)27(3)48(44)40-37(43)29-10-14-36(47-24-31)35(42)21-29/h6,10-12,14-15,20-21,26-27,30-31,34H,5,7-9,13,16-19,22-25H2,1-4H3,(H,40,43)/b15-6+. The first-order chi connectivity index (χ1) is 23.2. The summed E-state index contributed by atoms with van der Waals surface area (Å²) in [4.78, 5) is 18.4. The maximum Gasteiger partial charge on any atom is 0.263 e. The molecule has 0 spiro atoms. The molecule has 2 aromatic rings. The van der Waals surface area contributed by atoms with Crippen molar-refractivity contribution in [2.75, 3.05) is 64.6 Å². The summed E-state index contributed by atoms with van der Waals surface area (Å²) < 4.78 is 35.0. The molecule has 48 heavy (non-hydrogen) atoms. The summed E-state index contributed by atoms with van der Waals surface area (Å²) in [5, 5.41) is 0.528. The molecule has 1 N–H and O–H groups in total. The summed E-state index contributed by atoms with van der Waals surface area (Å²) in [6, 6.07) is 11.9. The van der Waals surface area contributed by atoms with E-state index in [0.29, 0.717) is 24.0 Å². The minimum absolute atomic E-state index is 0.101. The number of methoxy groups -OCH3 is 1. The lowest BCUT2D eigenvalue weighted by molar-refractivity contribution is -0.101. The van der Waals surface area contributed by atoms with Crippen LogP contribution >= 0.6 is 11.6 Å². The van der Waals surface area contributed by atoms with Crippen LogP contribution in [-0.2, 0) is 26.9 Å². The van der Waals surface area contributed by atoms with E-state index < -0.39 is 16.6 Å². The van der Waals surface area contributed by atoms with Gasteiger partial charge in [-0.1, -0.05) is 50.1 Å². The number of benzene rings is 2. The van der Waals surface area contributed by atoms with E-state index in [2.05, 4.69) is 52.7 Å². The van der Waals surface area contributed by atoms with Gasteiger partial charge in [-0.3, -0.25) is 14.4 Å². The fourth-order valence-corrected chi connectivity index (χ4v) is 9.20. The summed E-state index contributed by atoms with van der Waals surface area (Å²) in [6.07, 6.45) is 9.47. The number of nitrogens with one attached hydrogen (secondary N) is 1. The number of ether oxygens (including phenoxy) is 3. The van der Waals surface area contributed by atoms with Crippen molar-refractivity contribution in [2.45, 2.75) is 69.6 Å². The molecule has 1 saturated carbocycles. The van der Waals surface area contributed by atoms with Gasteiger partial charge in [-0.15, -0.1) is 0 Å². The summed E-state index contributed by atoms with van der Waals surface area (Å²) in [5.74, 6) is 1.37. The molecule has 3 aliphatic heterocycles. The second-order valence-corrected chi connectivity index (χ2v) is 16.2. The van der Waals surface area contributed by atoms with Gasteiger partial charge in [0.05, 0.1) is 30.8 Å². The molecule has 1 saturated heterocycles. The number of morpholine rings is 1. The lowest BCUT2D eigenvalue weighted by Gasteiger charge is -2.51. The fraction of sp³-hybridized carbons (Fsp3) is 0.605. The first kappa shape index (κ1) is 35.4. The second-order valence-electron chi connectivity index (χ2n) is 14.2. The van der Waals surface area contributed by atoms with Gasteiger partial charge in [0.15, 0.2) is 0 Å². The van der Waals surface area contributed by atoms with Crippen LogP contribution in [0.4, 0.5) is 5.69 Å². The lowest BCUT2D eigenvalue weighted by atomic mass is 9.63. The first-order valence-corrected chi connectivity index (χ1v) is 19.3. The van der Waals surface area contributed by atoms with Gasteiger partial charge in [0.2, 0.25) is 0 Å². The monoisotopic (exact) mass is 697 g/mol. The quantitative estimate of drug-likeness (QED) is 0.350. The number of aryl methyl sites for hydroxylation is 1. The Morgan fingerprint density at radius 1 is 1.10 bits per heavy atom. The smallest absolute Gasteiger partial charge is 0.263 e. The van der Waals surface area contributed by atoms with E-state index in [4.69, 9.17) is 25.8 Å². The van der Waals surface area contributed by atoms with Gasteiger partial charge >= 0.3 is 0 Å². The Morgan fingerprint density at radius 3 is 2.65 bits per heavy atom. The molecule has 0 radical (unpaired) electrons. The van der Waals surface area contributed by atoms with Gasteiger partial charge in [0, 0.05) is 56.3 Å². The molecule has 6 rings (SSSR count). The molecule has 1 amide bonds. The number of nitrogens with zero attached hydrogens (tertiary/aromatic N) is 2. The molecule has 8 nitrogen and oxygen atoms in total. The Balaban J connectivity index is 1.40. The van der Waals surface area contributed by atoms with Crippen molar-refractivity contribution in [1.29, 1.82) is 0 Å². The highest BCUT2D eigenvalue weighted by Crippen LogP contribution is 2.47. The van der Waals surface area contributed by atoms with Gasteiger partial charge in [0.1, 0.15) is 22.3 Å². The zero-order valence-electron chi connectivity index (χ0n) is 28.9. The fourth-order valence-electron chi connectivity index (χ4n) is 7.98. The Labute approximate surface area is 294 Å². The molecule has 7 atom stereocenters. The Morgan fingerprint density at radius 2 is 1.92 bits per heavy atom. The average molecular weight is 698 g/mol. The predicted octanol–water partition coefficient (Wildman–Crippen LogP) is 6.40. The highest BCUT2D eigenvalue weighted by Gasteiger charge is 2.48. The van der Waals surface area contributed by atoms with Gasteiger partial charge in [-0.05, 0) is 91.8 Å². The third-order valence-corrected chi connectivity index (χ3v) is 13.0. The maximum atomic E-state index is 13.5. The Kier molecular flexibility index (Phi) is 11.5. The van der Waals surface area contributed by atoms with E-state index in [1.807, 2.05) is 32.2 Å². The summed E-state index contributed by atoms with van der Waals surface area (Å²) in [6.45, 7) is 12.4. The topological polar surface area (TPSA) is 80.3 Å². The number of halogens is 1. The predicted molar refractivity (Wildman–Crippen MR) is 194 cm³/mol. The maximum absolute atomic E-state index is 13.5. The van der Waals surface area contributed by atoms with Crippen LogP contribution in [0.25, 0.3) is 0 Å². The molecule has 2 aromatic carbocycles. The van der Waals surface area contributed by atoms with Crippen LogP contribution in [0.5, 0.6) is 5.75 Å². The number of amides is 1. The van der Waals surface area contributed by atoms with Crippen molar-refractivity contribution in [2.24, 2.45) is 17.8 Å². The van der Waals surface area contributed by atoms with Crippen molar-refractivity contribution in [1.82, 2.24) is 9.62 Å². The molecule has 10 heteroatoms. The second kappa shape index (κ2) is 15.6. The highest BCUT2D eigenvalue weighted by molar-refractivity contribution is 7.84. The van der Waals surface area contributed by atoms with Crippen molar-refractivity contribution in [3.63, 3.8) is 0 Å². The number of allylic oxidation sites excluding steroid dienone is 1. The largest absolute Gasteiger partial charge is 0.491 e. The zero-order valence-corrected chi connectivity index (χ0v) is 30.5. The summed E-state index contributed by atoms with van der Waals surface area (Å²) in [7, 11) is 0.323. The van der Waals surface area contributed by atoms with E-state index in [9.17, 15) is 9.00 Å². The zero-order chi connectivity index (χ0) is 33.8. The molecular formula is C38H52ClN3O5S. The van der Waals surface area contributed by atoms with Crippen molar-refractivity contribution in [3.8, 4) is 5.75 Å². The van der Waals surface area contributed by atoms with Gasteiger partial charge in [0.25, 0.3) is 5.91 Å². The van der Waals surface area contributed by atoms with Crippen LogP contribution in [-0.4, -0.2) is 85.5 Å². The molecular weight excluding hydrogens is 646 g/mol. The first-order valence-electron chi connectivity index (χ1n) is 17.8. The number of carbonyl (C=O) groups is 1. The van der Waals surface area contributed by atoms with E-state index >= 15 is 0 Å². The molecule has 2 fully saturated rings. The minimum atomic E-state index is -1.54. The molecule has 4 aliphatic rings. The van der Waals surface area contributed by atoms with Crippen LogP contribution in [0, 0.1) is 17.8 Å². The number of carbonyl (C=O) groups excluding carboxylic acids is 1. The van der Waals surface area contributed by atoms with E-state index in [0.717, 1.165) is 94.5 Å². The minimum Gasteiger partial charge on any atom is -0.491 e. The molecule has 7 unspecified atom stereocenters. The van der Waals surface area contributed by atoms with Crippen LogP contribution in [0.2, 0.25) is 5.02 Å². The van der Waals surface area contributed by atoms with Gasteiger partial charge in [-0.2, -0.15) is 0 Å². The SMILES string of the molecule is CCCc1cc(Cl)ccc1C1COc2ccc3cc2N(C1)CC1CCC1C(CN1CCOCC1)(OC)/C=C/CC(C)C(C)S(=O)NC3=O.